The third kappa shape index (κ3) is 4.54. The molecule has 2 atom stereocenters. The SMILES string of the molecule is COc1cc2ncnc(Nc3ccc(F)c(Cl)c3)c2cc1OC1CCN(C(=O)[N@@+]23CC[C@@H](C2)OC3)CC1. The van der Waals surface area contributed by atoms with Crippen LogP contribution in [0.1, 0.15) is 19.3 Å². The van der Waals surface area contributed by atoms with E-state index in [0.717, 1.165) is 37.7 Å². The number of fused-ring (bicyclic) bond motifs is 3. The van der Waals surface area contributed by atoms with Crippen LogP contribution in [0.5, 0.6) is 11.5 Å². The summed E-state index contributed by atoms with van der Waals surface area (Å²) >= 11 is 5.94. The van der Waals surface area contributed by atoms with Gasteiger partial charge < -0.3 is 19.5 Å². The molecule has 1 aromatic heterocycles. The molecule has 3 saturated heterocycles. The van der Waals surface area contributed by atoms with Crippen LogP contribution in [0.15, 0.2) is 36.7 Å². The van der Waals surface area contributed by atoms with Crippen molar-refractivity contribution in [2.24, 2.45) is 0 Å². The second kappa shape index (κ2) is 9.59. The summed E-state index contributed by atoms with van der Waals surface area (Å²) in [5, 5.41) is 3.93. The number of methoxy groups -OCH3 is 1. The molecule has 3 aromatic rings. The number of aromatic nitrogens is 2. The average molecular weight is 529 g/mol. The quantitative estimate of drug-likeness (QED) is 0.480. The zero-order valence-electron chi connectivity index (χ0n) is 20.5. The third-order valence-electron chi connectivity index (χ3n) is 7.50. The Balaban J connectivity index is 1.18. The predicted molar refractivity (Wildman–Crippen MR) is 136 cm³/mol. The zero-order chi connectivity index (χ0) is 25.6. The van der Waals surface area contributed by atoms with Crippen LogP contribution in [-0.2, 0) is 4.74 Å². The van der Waals surface area contributed by atoms with E-state index in [9.17, 15) is 9.18 Å². The summed E-state index contributed by atoms with van der Waals surface area (Å²) < 4.78 is 31.7. The number of benzene rings is 2. The molecule has 0 unspecified atom stereocenters. The van der Waals surface area contributed by atoms with E-state index in [0.29, 0.717) is 52.8 Å². The largest absolute Gasteiger partial charge is 0.493 e. The van der Waals surface area contributed by atoms with Gasteiger partial charge in [0, 0.05) is 49.5 Å². The monoisotopic (exact) mass is 528 g/mol. The van der Waals surface area contributed by atoms with Crippen LogP contribution in [0.25, 0.3) is 10.9 Å². The summed E-state index contributed by atoms with van der Waals surface area (Å²) in [5.74, 6) is 1.19. The Hall–Kier alpha value is -3.21. The number of likely N-dealkylation sites (tertiary alicyclic amines) is 1. The maximum Gasteiger partial charge on any atom is 0.421 e. The normalized spacial score (nSPS) is 23.4. The Bertz CT molecular complexity index is 1340. The van der Waals surface area contributed by atoms with Gasteiger partial charge in [0.1, 0.15) is 36.7 Å². The zero-order valence-corrected chi connectivity index (χ0v) is 21.2. The van der Waals surface area contributed by atoms with E-state index < -0.39 is 5.82 Å². The summed E-state index contributed by atoms with van der Waals surface area (Å²) in [4.78, 5) is 23.9. The number of carbonyl (C=O) groups is 1. The number of hydrogen-bond donors (Lipinski definition) is 1. The fraction of sp³-hybridized carbons (Fsp3) is 0.423. The molecule has 11 heteroatoms. The molecule has 2 amide bonds. The lowest BCUT2D eigenvalue weighted by Crippen LogP contribution is -2.57. The van der Waals surface area contributed by atoms with Gasteiger partial charge in [-0.1, -0.05) is 11.6 Å². The molecule has 0 radical (unpaired) electrons. The first-order valence-electron chi connectivity index (χ1n) is 12.4. The van der Waals surface area contributed by atoms with Crippen molar-refractivity contribution in [3.05, 3.63) is 47.5 Å². The summed E-state index contributed by atoms with van der Waals surface area (Å²) in [7, 11) is 1.59. The molecule has 0 saturated carbocycles. The van der Waals surface area contributed by atoms with Crippen molar-refractivity contribution >= 4 is 40.0 Å². The number of nitrogens with zero attached hydrogens (tertiary/aromatic N) is 4. The first kappa shape index (κ1) is 24.1. The smallest absolute Gasteiger partial charge is 0.421 e. The number of anilines is 2. The van der Waals surface area contributed by atoms with Crippen molar-refractivity contribution in [1.29, 1.82) is 0 Å². The number of urea groups is 1. The van der Waals surface area contributed by atoms with Gasteiger partial charge >= 0.3 is 6.03 Å². The summed E-state index contributed by atoms with van der Waals surface area (Å²) in [6.45, 7) is 3.45. The Morgan fingerprint density at radius 3 is 2.70 bits per heavy atom. The van der Waals surface area contributed by atoms with Crippen LogP contribution in [0.4, 0.5) is 20.7 Å². The highest BCUT2D eigenvalue weighted by Gasteiger charge is 2.53. The lowest BCUT2D eigenvalue weighted by Gasteiger charge is -2.37. The Morgan fingerprint density at radius 1 is 1.19 bits per heavy atom. The van der Waals surface area contributed by atoms with E-state index in [-0.39, 0.29) is 23.3 Å². The Kier molecular flexibility index (Phi) is 6.26. The van der Waals surface area contributed by atoms with E-state index in [4.69, 9.17) is 25.8 Å². The number of nitrogens with one attached hydrogen (secondary N) is 1. The molecular formula is C26H28ClFN5O4+. The number of carbonyl (C=O) groups excluding carboxylic acids is 1. The maximum atomic E-state index is 13.6. The Labute approximate surface area is 218 Å². The van der Waals surface area contributed by atoms with E-state index in [1.54, 1.807) is 19.2 Å². The molecule has 2 bridgehead atoms. The van der Waals surface area contributed by atoms with Gasteiger partial charge in [-0.3, -0.25) is 4.90 Å². The van der Waals surface area contributed by atoms with Gasteiger partial charge in [-0.2, -0.15) is 0 Å². The number of hydrogen-bond acceptors (Lipinski definition) is 7. The van der Waals surface area contributed by atoms with Gasteiger partial charge in [-0.15, -0.1) is 0 Å². The number of piperidine rings is 1. The van der Waals surface area contributed by atoms with Crippen molar-refractivity contribution in [3.8, 4) is 11.5 Å². The first-order valence-corrected chi connectivity index (χ1v) is 12.8. The molecule has 9 nitrogen and oxygen atoms in total. The summed E-state index contributed by atoms with van der Waals surface area (Å²) in [5.41, 5.74) is 1.27. The number of halogens is 2. The number of amides is 2. The molecule has 4 heterocycles. The molecule has 194 valence electrons. The Morgan fingerprint density at radius 2 is 2.03 bits per heavy atom. The van der Waals surface area contributed by atoms with E-state index in [2.05, 4.69) is 15.3 Å². The molecule has 2 aromatic carbocycles. The highest BCUT2D eigenvalue weighted by Crippen LogP contribution is 2.37. The fourth-order valence-corrected chi connectivity index (χ4v) is 5.64. The van der Waals surface area contributed by atoms with Crippen molar-refractivity contribution in [2.45, 2.75) is 31.5 Å². The third-order valence-corrected chi connectivity index (χ3v) is 7.79. The highest BCUT2D eigenvalue weighted by molar-refractivity contribution is 6.31. The topological polar surface area (TPSA) is 85.8 Å². The van der Waals surface area contributed by atoms with Crippen LogP contribution in [-0.4, -0.2) is 77.6 Å². The maximum absolute atomic E-state index is 13.6. The molecular weight excluding hydrogens is 501 g/mol. The van der Waals surface area contributed by atoms with E-state index >= 15 is 0 Å². The molecule has 3 aliphatic heterocycles. The lowest BCUT2D eigenvalue weighted by atomic mass is 10.1. The molecule has 6 rings (SSSR count). The van der Waals surface area contributed by atoms with Gasteiger partial charge in [0.05, 0.1) is 24.2 Å². The minimum Gasteiger partial charge on any atom is -0.493 e. The second-order valence-corrected chi connectivity index (χ2v) is 10.2. The molecule has 37 heavy (non-hydrogen) atoms. The molecule has 1 N–H and O–H groups in total. The van der Waals surface area contributed by atoms with Gasteiger partial charge in [-0.05, 0) is 24.3 Å². The minimum absolute atomic E-state index is 0.0190. The molecule has 3 aliphatic rings. The predicted octanol–water partition coefficient (Wildman–Crippen LogP) is 4.71. The van der Waals surface area contributed by atoms with E-state index in [1.165, 1.54) is 18.5 Å². The fourth-order valence-electron chi connectivity index (χ4n) is 5.46. The average Bonchev–Trinajstić information content (AvgIpc) is 3.54. The number of ether oxygens (including phenoxy) is 3. The van der Waals surface area contributed by atoms with Gasteiger partial charge in [-0.25, -0.2) is 23.6 Å². The standard InChI is InChI=1S/C26H28ClFN5O4/c1-35-23-12-22-19(25(30-14-29-22)31-16-2-3-21(28)20(27)10-16)11-24(23)37-17-4-7-32(8-5-17)26(34)33-9-6-18(13-33)36-15-33/h2-3,10-12,14,17-18H,4-9,13,15H2,1H3,(H,29,30,31)/q+1/t18-,33-/m0/s1. The van der Waals surface area contributed by atoms with Crippen LogP contribution < -0.4 is 14.8 Å². The molecule has 0 spiro atoms. The van der Waals surface area contributed by atoms with Crippen molar-refractivity contribution in [3.63, 3.8) is 0 Å². The van der Waals surface area contributed by atoms with Crippen molar-refractivity contribution in [2.75, 3.05) is 45.3 Å². The van der Waals surface area contributed by atoms with E-state index in [1.807, 2.05) is 11.0 Å². The summed E-state index contributed by atoms with van der Waals surface area (Å²) in [6.07, 6.45) is 4.02. The van der Waals surface area contributed by atoms with Gasteiger partial charge in [0.15, 0.2) is 18.2 Å². The molecule has 0 aliphatic carbocycles. The van der Waals surface area contributed by atoms with Crippen LogP contribution in [0.3, 0.4) is 0 Å². The second-order valence-electron chi connectivity index (χ2n) is 9.84. The highest BCUT2D eigenvalue weighted by atomic mass is 35.5. The van der Waals surface area contributed by atoms with Crippen molar-refractivity contribution in [1.82, 2.24) is 14.9 Å². The minimum atomic E-state index is -0.490. The molecule has 3 fully saturated rings. The first-order chi connectivity index (χ1) is 17.9. The number of rotatable bonds is 5. The van der Waals surface area contributed by atoms with Crippen molar-refractivity contribution < 1.29 is 27.9 Å². The van der Waals surface area contributed by atoms with Gasteiger partial charge in [0.25, 0.3) is 0 Å². The van der Waals surface area contributed by atoms with Crippen LogP contribution >= 0.6 is 11.6 Å². The van der Waals surface area contributed by atoms with Crippen LogP contribution in [0.2, 0.25) is 5.02 Å². The number of quaternary nitrogens is 1. The van der Waals surface area contributed by atoms with Gasteiger partial charge in [0.2, 0.25) is 0 Å². The summed E-state index contributed by atoms with van der Waals surface area (Å²) in [6, 6.07) is 8.22. The van der Waals surface area contributed by atoms with Crippen LogP contribution in [0, 0.1) is 5.82 Å². The lowest BCUT2D eigenvalue weighted by molar-refractivity contribution is -0.846.